The van der Waals surface area contributed by atoms with Crippen LogP contribution in [0.25, 0.3) is 17.1 Å². The third-order valence-electron chi connectivity index (χ3n) is 8.49. The van der Waals surface area contributed by atoms with Gasteiger partial charge >= 0.3 is 0 Å². The van der Waals surface area contributed by atoms with Gasteiger partial charge in [-0.15, -0.1) is 70.6 Å². The number of hydrogen-bond donors (Lipinski definition) is 0. The molecule has 0 unspecified atom stereocenters. The monoisotopic (exact) mass is 1080 g/mol. The maximum atomic E-state index is 2.35. The van der Waals surface area contributed by atoms with Crippen molar-refractivity contribution in [2.24, 2.45) is 0 Å². The molecule has 0 N–H and O–H groups in total. The van der Waals surface area contributed by atoms with Crippen LogP contribution < -0.4 is 0 Å². The van der Waals surface area contributed by atoms with Gasteiger partial charge in [-0.2, -0.15) is 0 Å². The predicted molar refractivity (Wildman–Crippen MR) is 288 cm³/mol. The molecule has 0 saturated heterocycles. The minimum absolute atomic E-state index is 1.17. The van der Waals surface area contributed by atoms with Gasteiger partial charge in [0.25, 0.3) is 0 Å². The summed E-state index contributed by atoms with van der Waals surface area (Å²) < 4.78 is 24.0. The molecule has 0 fully saturated rings. The van der Waals surface area contributed by atoms with E-state index in [1.54, 1.807) is 0 Å². The Morgan fingerprint density at radius 1 is 0.281 bits per heavy atom. The van der Waals surface area contributed by atoms with Crippen LogP contribution in [0.3, 0.4) is 0 Å². The molecule has 3 nitrogen and oxygen atoms in total. The minimum Gasteiger partial charge on any atom is -0.321 e. The van der Waals surface area contributed by atoms with Gasteiger partial charge in [-0.3, -0.25) is 0 Å². The molecular weight excluding hydrogens is 1050 g/mol. The van der Waals surface area contributed by atoms with E-state index in [0.29, 0.717) is 0 Å². The highest BCUT2D eigenvalue weighted by Crippen LogP contribution is 2.66. The van der Waals surface area contributed by atoms with Crippen LogP contribution in [-0.4, -0.2) is 51.2 Å². The van der Waals surface area contributed by atoms with Gasteiger partial charge in [-0.05, 0) is 55.7 Å². The normalized spacial score (nSPS) is 19.3. The number of thioether (sulfide) groups is 18. The van der Waals surface area contributed by atoms with E-state index in [-0.39, 0.29) is 0 Å². The van der Waals surface area contributed by atoms with Crippen LogP contribution in [0.5, 0.6) is 0 Å². The highest BCUT2D eigenvalue weighted by molar-refractivity contribution is 8.43. The average Bonchev–Trinajstić information content (AvgIpc) is 4.07. The Balaban J connectivity index is 0.958. The van der Waals surface area contributed by atoms with Crippen LogP contribution in [-0.2, 0) is 0 Å². The topological polar surface area (TPSA) is 14.8 Å². The second-order valence-electron chi connectivity index (χ2n) is 11.8. The zero-order chi connectivity index (χ0) is 38.9. The van der Waals surface area contributed by atoms with E-state index < -0.39 is 0 Å². The molecule has 0 amide bonds. The zero-order valence-electron chi connectivity index (χ0n) is 30.4. The summed E-state index contributed by atoms with van der Waals surface area (Å²) in [4.78, 5) is 7.99. The van der Waals surface area contributed by atoms with Crippen molar-refractivity contribution < 1.29 is 0 Å². The summed E-state index contributed by atoms with van der Waals surface area (Å²) in [7, 11) is 0. The first-order chi connectivity index (χ1) is 27.8. The van der Waals surface area contributed by atoms with Crippen LogP contribution in [0, 0.1) is 0 Å². The van der Waals surface area contributed by atoms with Crippen LogP contribution in [0.2, 0.25) is 0 Å². The summed E-state index contributed by atoms with van der Waals surface area (Å²) in [5.41, 5.74) is 3.50. The Kier molecular flexibility index (Phi) is 13.8. The van der Waals surface area contributed by atoms with E-state index in [1.165, 1.54) is 97.3 Å². The van der Waals surface area contributed by atoms with Gasteiger partial charge < -0.3 is 13.7 Å². The molecule has 57 heavy (non-hydrogen) atoms. The summed E-state index contributed by atoms with van der Waals surface area (Å²) in [6.07, 6.45) is 27.1. The molecule has 0 bridgehead atoms. The number of nitrogens with zero attached hydrogens (tertiary/aromatic N) is 3. The first kappa shape index (κ1) is 42.7. The lowest BCUT2D eigenvalue weighted by Gasteiger charge is -2.14. The summed E-state index contributed by atoms with van der Waals surface area (Å²) in [6, 6.07) is 7.04. The van der Waals surface area contributed by atoms with Crippen LogP contribution in [0.1, 0.15) is 0 Å². The number of benzene rings is 1. The van der Waals surface area contributed by atoms with Gasteiger partial charge in [0.05, 0.1) is 50.8 Å². The lowest BCUT2D eigenvalue weighted by Crippen LogP contribution is -2.00. The molecule has 294 valence electrons. The van der Waals surface area contributed by atoms with Crippen molar-refractivity contribution in [1.29, 1.82) is 0 Å². The Labute approximate surface area is 409 Å². The van der Waals surface area contributed by atoms with Crippen molar-refractivity contribution in [3.8, 4) is 17.1 Å². The number of hydrogen-bond acceptors (Lipinski definition) is 18. The van der Waals surface area contributed by atoms with E-state index in [1.807, 2.05) is 212 Å². The largest absolute Gasteiger partial charge is 0.321 e. The first-order valence-electron chi connectivity index (χ1n) is 16.5. The molecule has 4 aromatic rings. The lowest BCUT2D eigenvalue weighted by atomic mass is 10.2. The molecule has 1 aromatic carbocycles. The van der Waals surface area contributed by atoms with E-state index in [4.69, 9.17) is 0 Å². The molecule has 9 heterocycles. The predicted octanol–water partition coefficient (Wildman–Crippen LogP) is 18.0. The SMILES string of the molecule is CSC1=C(SC)SC(=C2Sc3cn(-c4cc(-n5cc6c(c5)SC(=C5SC(SC)=C(SC)S5)S6)cc(-n5cc6c(c5)SC(=C5SC(SC)=C(SC)S5)S6)c4)cc3S2)S1. The molecule has 6 aliphatic heterocycles. The summed E-state index contributed by atoms with van der Waals surface area (Å²) >= 11 is 34.3. The standard InChI is InChI=1S/C36H27N3S18/c1-40-25-26(41-2)53-34(52-25)31-46-19-10-37(11-20(19)47-31)16-7-17(38-12-21-22(13-38)49-32(48-21)35-54-27(42-3)28(43-4)55-35)9-18(8-16)39-14-23-24(15-39)51-33(50-23)36-56-29(44-5)30(45-6)57-36/h7-15H,1-6H3. The molecule has 0 saturated carbocycles. The fourth-order valence-electron chi connectivity index (χ4n) is 5.91. The first-order valence-corrected chi connectivity index (χ1v) is 33.7. The Morgan fingerprint density at radius 3 is 0.632 bits per heavy atom. The summed E-state index contributed by atoms with van der Waals surface area (Å²) in [5.74, 6) is 0. The molecule has 21 heteroatoms. The molecule has 0 spiro atoms. The third-order valence-corrected chi connectivity index (χ3v) is 33.2. The quantitative estimate of drug-likeness (QED) is 0.158. The van der Waals surface area contributed by atoms with Crippen LogP contribution in [0.15, 0.2) is 136 Å². The number of fused-ring (bicyclic) bond motifs is 3. The van der Waals surface area contributed by atoms with Gasteiger partial charge in [0.2, 0.25) is 0 Å². The van der Waals surface area contributed by atoms with Gasteiger partial charge in [0, 0.05) is 83.6 Å². The van der Waals surface area contributed by atoms with Gasteiger partial charge in [-0.1, -0.05) is 141 Å². The average molecular weight is 1080 g/mol. The van der Waals surface area contributed by atoms with E-state index in [9.17, 15) is 0 Å². The van der Waals surface area contributed by atoms with Crippen molar-refractivity contribution in [3.63, 3.8) is 0 Å². The molecule has 0 atom stereocenters. The second kappa shape index (κ2) is 18.4. The van der Waals surface area contributed by atoms with E-state index in [0.717, 1.165) is 0 Å². The summed E-state index contributed by atoms with van der Waals surface area (Å²) in [5, 5.41) is 0. The van der Waals surface area contributed by atoms with E-state index >= 15 is 0 Å². The smallest absolute Gasteiger partial charge is 0.0717 e. The minimum atomic E-state index is 1.17. The van der Waals surface area contributed by atoms with Crippen LogP contribution >= 0.6 is 212 Å². The Hall–Kier alpha value is 1.80. The van der Waals surface area contributed by atoms with Crippen molar-refractivity contribution in [2.45, 2.75) is 29.4 Å². The highest BCUT2D eigenvalue weighted by atomic mass is 32.3. The number of rotatable bonds is 9. The fourth-order valence-corrected chi connectivity index (χ4v) is 29.4. The highest BCUT2D eigenvalue weighted by Gasteiger charge is 2.32. The van der Waals surface area contributed by atoms with Gasteiger partial charge in [-0.25, -0.2) is 0 Å². The van der Waals surface area contributed by atoms with E-state index in [2.05, 4.69) is 107 Å². The molecular formula is C36H27N3S18. The number of aromatic nitrogens is 3. The van der Waals surface area contributed by atoms with Crippen molar-refractivity contribution in [2.75, 3.05) is 37.5 Å². The van der Waals surface area contributed by atoms with Crippen molar-refractivity contribution in [1.82, 2.24) is 13.7 Å². The maximum Gasteiger partial charge on any atom is 0.0717 e. The molecule has 10 rings (SSSR count). The third kappa shape index (κ3) is 8.47. The fraction of sp³-hybridized carbons (Fsp3) is 0.167. The van der Waals surface area contributed by atoms with Crippen molar-refractivity contribution >= 4 is 212 Å². The zero-order valence-corrected chi connectivity index (χ0v) is 45.1. The molecule has 0 radical (unpaired) electrons. The van der Waals surface area contributed by atoms with Crippen molar-refractivity contribution in [3.05, 3.63) is 106 Å². The summed E-state index contributed by atoms with van der Waals surface area (Å²) in [6.45, 7) is 0. The van der Waals surface area contributed by atoms with Gasteiger partial charge in [0.1, 0.15) is 0 Å². The van der Waals surface area contributed by atoms with Crippen LogP contribution in [0.4, 0.5) is 0 Å². The Bertz CT molecular complexity index is 2140. The lowest BCUT2D eigenvalue weighted by molar-refractivity contribution is 0.996. The molecule has 3 aromatic heterocycles. The maximum absolute atomic E-state index is 2.35. The van der Waals surface area contributed by atoms with Gasteiger partial charge in [0.15, 0.2) is 0 Å². The Morgan fingerprint density at radius 2 is 0.456 bits per heavy atom. The molecule has 0 aliphatic carbocycles. The second-order valence-corrected chi connectivity index (χ2v) is 32.2. The molecule has 6 aliphatic rings.